The Labute approximate surface area is 178 Å². The zero-order valence-electron chi connectivity index (χ0n) is 17.2. The maximum absolute atomic E-state index is 11.5. The van der Waals surface area contributed by atoms with E-state index in [1.807, 2.05) is 12.1 Å². The molecule has 0 bridgehead atoms. The summed E-state index contributed by atoms with van der Waals surface area (Å²) in [4.78, 5) is 17.8. The lowest BCUT2D eigenvalue weighted by Crippen LogP contribution is -2.66. The molecule has 2 N–H and O–H groups in total. The van der Waals surface area contributed by atoms with E-state index < -0.39 is 20.7 Å². The van der Waals surface area contributed by atoms with E-state index in [0.717, 1.165) is 32.2 Å². The Morgan fingerprint density at radius 1 is 1.17 bits per heavy atom. The van der Waals surface area contributed by atoms with Gasteiger partial charge in [-0.15, -0.1) is 0 Å². The number of amides is 1. The first-order valence-electron chi connectivity index (χ1n) is 10.4. The molecule has 156 valence electrons. The molecule has 1 fully saturated rings. The second-order valence-corrected chi connectivity index (χ2v) is 9.98. The Balaban J connectivity index is 1.69. The number of carbonyl (C=O) groups is 1. The van der Waals surface area contributed by atoms with Crippen LogP contribution in [0.1, 0.15) is 43.1 Å². The van der Waals surface area contributed by atoms with E-state index in [2.05, 4.69) is 65.3 Å². The van der Waals surface area contributed by atoms with Crippen molar-refractivity contribution in [2.24, 2.45) is 5.73 Å². The van der Waals surface area contributed by atoms with Gasteiger partial charge in [-0.05, 0) is 23.2 Å². The van der Waals surface area contributed by atoms with Crippen LogP contribution < -0.4 is 21.0 Å². The molecule has 1 aliphatic heterocycles. The first kappa shape index (κ1) is 20.4. The van der Waals surface area contributed by atoms with Crippen molar-refractivity contribution >= 4 is 31.3 Å². The second kappa shape index (κ2) is 8.85. The van der Waals surface area contributed by atoms with Crippen LogP contribution in [0, 0.1) is 0 Å². The zero-order chi connectivity index (χ0) is 21.0. The number of nitrogens with zero attached hydrogens (tertiary/aromatic N) is 2. The Kier molecular flexibility index (Phi) is 6.01. The van der Waals surface area contributed by atoms with Crippen LogP contribution in [0.15, 0.2) is 71.3 Å². The van der Waals surface area contributed by atoms with Gasteiger partial charge < -0.3 is 14.6 Å². The Bertz CT molecular complexity index is 940. The van der Waals surface area contributed by atoms with Crippen LogP contribution in [-0.2, 0) is 4.43 Å². The first-order valence-corrected chi connectivity index (χ1v) is 12.1. The van der Waals surface area contributed by atoms with Crippen LogP contribution in [0.25, 0.3) is 0 Å². The topological polar surface area (TPSA) is 81.6 Å². The highest BCUT2D eigenvalue weighted by molar-refractivity contribution is 6.80. The molecule has 0 radical (unpaired) electrons. The van der Waals surface area contributed by atoms with Crippen LogP contribution in [0.5, 0.6) is 0 Å². The maximum Gasteiger partial charge on any atom is 0.300 e. The van der Waals surface area contributed by atoms with Gasteiger partial charge in [-0.2, -0.15) is 4.98 Å². The highest BCUT2D eigenvalue weighted by atomic mass is 28.3. The van der Waals surface area contributed by atoms with Gasteiger partial charge in [0.05, 0.1) is 0 Å². The summed E-state index contributed by atoms with van der Waals surface area (Å²) >= 11 is 0. The summed E-state index contributed by atoms with van der Waals surface area (Å²) in [6, 6.07) is 21.3. The lowest BCUT2D eigenvalue weighted by atomic mass is 9.93. The molecular formula is C23H27N3O3Si. The number of benzene rings is 2. The molecular weight excluding hydrogens is 394 g/mol. The van der Waals surface area contributed by atoms with Crippen molar-refractivity contribution in [3.8, 4) is 0 Å². The highest BCUT2D eigenvalue weighted by Gasteiger charge is 2.49. The third-order valence-corrected chi connectivity index (χ3v) is 8.31. The van der Waals surface area contributed by atoms with Crippen molar-refractivity contribution in [2.75, 3.05) is 11.4 Å². The van der Waals surface area contributed by atoms with E-state index in [4.69, 9.17) is 14.6 Å². The number of nitrogens with two attached hydrogens (primary N) is 1. The molecule has 3 aromatic rings. The van der Waals surface area contributed by atoms with Gasteiger partial charge in [-0.3, -0.25) is 9.69 Å². The summed E-state index contributed by atoms with van der Waals surface area (Å²) in [5.74, 6) is -0.591. The van der Waals surface area contributed by atoms with Gasteiger partial charge in [0, 0.05) is 13.0 Å². The predicted molar refractivity (Wildman–Crippen MR) is 120 cm³/mol. The van der Waals surface area contributed by atoms with E-state index in [1.165, 1.54) is 16.6 Å². The van der Waals surface area contributed by atoms with Crippen LogP contribution in [0.3, 0.4) is 0 Å². The average Bonchev–Trinajstić information content (AvgIpc) is 3.24. The Morgan fingerprint density at radius 2 is 1.80 bits per heavy atom. The number of hydrogen-bond acceptors (Lipinski definition) is 5. The van der Waals surface area contributed by atoms with Gasteiger partial charge in [0.25, 0.3) is 11.9 Å². The summed E-state index contributed by atoms with van der Waals surface area (Å²) in [6.45, 7) is 2.95. The Hall–Kier alpha value is -2.90. The third kappa shape index (κ3) is 4.03. The molecule has 30 heavy (non-hydrogen) atoms. The SMILES string of the molecule is CCCCC1(O[SiH](c2ccccc2)c2ccccc2)CCN1c1nc(C(N)=O)co1. The molecule has 0 spiro atoms. The van der Waals surface area contributed by atoms with E-state index in [0.29, 0.717) is 6.01 Å². The van der Waals surface area contributed by atoms with Crippen LogP contribution in [-0.4, -0.2) is 32.2 Å². The van der Waals surface area contributed by atoms with Gasteiger partial charge >= 0.3 is 0 Å². The van der Waals surface area contributed by atoms with Gasteiger partial charge in [0.1, 0.15) is 12.0 Å². The number of carbonyl (C=O) groups excluding carboxylic acids is 1. The monoisotopic (exact) mass is 421 g/mol. The number of primary amides is 1. The molecule has 2 heterocycles. The molecule has 1 unspecified atom stereocenters. The van der Waals surface area contributed by atoms with Crippen LogP contribution in [0.2, 0.25) is 0 Å². The molecule has 1 aliphatic rings. The number of unbranched alkanes of at least 4 members (excludes halogenated alkanes) is 1. The van der Waals surface area contributed by atoms with Crippen LogP contribution in [0.4, 0.5) is 6.01 Å². The largest absolute Gasteiger partial charge is 0.431 e. The van der Waals surface area contributed by atoms with Gasteiger partial charge in [0.15, 0.2) is 5.69 Å². The summed E-state index contributed by atoms with van der Waals surface area (Å²) < 4.78 is 12.6. The summed E-state index contributed by atoms with van der Waals surface area (Å²) in [5, 5.41) is 2.47. The van der Waals surface area contributed by atoms with Crippen molar-refractivity contribution in [2.45, 2.75) is 38.3 Å². The molecule has 1 atom stereocenters. The van der Waals surface area contributed by atoms with Crippen molar-refractivity contribution in [1.29, 1.82) is 0 Å². The molecule has 0 aliphatic carbocycles. The van der Waals surface area contributed by atoms with Gasteiger partial charge in [-0.1, -0.05) is 74.0 Å². The quantitative estimate of drug-likeness (QED) is 0.537. The first-order chi connectivity index (χ1) is 14.6. The number of anilines is 1. The molecule has 2 aromatic carbocycles. The number of oxazole rings is 1. The van der Waals surface area contributed by atoms with Crippen molar-refractivity contribution in [3.63, 3.8) is 0 Å². The number of aromatic nitrogens is 1. The minimum atomic E-state index is -1.96. The molecule has 6 nitrogen and oxygen atoms in total. The number of rotatable bonds is 9. The standard InChI is InChI=1S/C23H27N3O3Si/c1-2-3-14-23(15-16-26(23)22-25-20(17-28-22)21(24)27)29-30(18-10-6-4-7-11-18)19-12-8-5-9-13-19/h4-13,17,30H,2-3,14-16H2,1H3,(H2,24,27). The molecule has 4 rings (SSSR count). The van der Waals surface area contributed by atoms with E-state index in [-0.39, 0.29) is 5.69 Å². The summed E-state index contributed by atoms with van der Waals surface area (Å²) in [6.07, 6.45) is 5.19. The third-order valence-electron chi connectivity index (χ3n) is 5.66. The van der Waals surface area contributed by atoms with E-state index in [1.54, 1.807) is 0 Å². The second-order valence-electron chi connectivity index (χ2n) is 7.65. The fraction of sp³-hybridized carbons (Fsp3) is 0.304. The molecule has 1 saturated heterocycles. The summed E-state index contributed by atoms with van der Waals surface area (Å²) in [5.41, 5.74) is 5.02. The van der Waals surface area contributed by atoms with E-state index >= 15 is 0 Å². The van der Waals surface area contributed by atoms with Crippen molar-refractivity contribution in [1.82, 2.24) is 4.98 Å². The lowest BCUT2D eigenvalue weighted by molar-refractivity contribution is -0.00369. The molecule has 0 saturated carbocycles. The van der Waals surface area contributed by atoms with Crippen LogP contribution >= 0.6 is 0 Å². The van der Waals surface area contributed by atoms with Crippen molar-refractivity contribution < 1.29 is 13.6 Å². The fourth-order valence-electron chi connectivity index (χ4n) is 3.94. The minimum Gasteiger partial charge on any atom is -0.431 e. The zero-order valence-corrected chi connectivity index (χ0v) is 18.3. The minimum absolute atomic E-state index is 0.140. The van der Waals surface area contributed by atoms with Gasteiger partial charge in [-0.25, -0.2) is 0 Å². The number of hydrogen-bond donors (Lipinski definition) is 1. The molecule has 1 aromatic heterocycles. The van der Waals surface area contributed by atoms with Gasteiger partial charge in [0.2, 0.25) is 9.04 Å². The smallest absolute Gasteiger partial charge is 0.300 e. The average molecular weight is 422 g/mol. The highest BCUT2D eigenvalue weighted by Crippen LogP contribution is 2.40. The van der Waals surface area contributed by atoms with E-state index in [9.17, 15) is 4.79 Å². The predicted octanol–water partition coefficient (Wildman–Crippen LogP) is 2.42. The maximum atomic E-state index is 11.5. The van der Waals surface area contributed by atoms with Crippen molar-refractivity contribution in [3.05, 3.63) is 72.6 Å². The molecule has 1 amide bonds. The summed E-state index contributed by atoms with van der Waals surface area (Å²) in [7, 11) is -1.96. The lowest BCUT2D eigenvalue weighted by Gasteiger charge is -2.53. The Morgan fingerprint density at radius 3 is 2.27 bits per heavy atom. The normalized spacial score (nSPS) is 18.4. The fourth-order valence-corrected chi connectivity index (χ4v) is 6.54. The molecule has 7 heteroatoms.